The van der Waals surface area contributed by atoms with Crippen LogP contribution in [-0.4, -0.2) is 30.7 Å². The SMILES string of the molecule is C=CCn1c(SC(C)C(=O)Nc2ccc3[nH]c(=O)[nH]c3c2)nc2ccccc2c1=O. The number of fused-ring (bicyclic) bond motifs is 2. The van der Waals surface area contributed by atoms with E-state index in [1.165, 1.54) is 16.3 Å². The fourth-order valence-electron chi connectivity index (χ4n) is 3.09. The van der Waals surface area contributed by atoms with Crippen LogP contribution in [0.2, 0.25) is 0 Å². The Kier molecular flexibility index (Phi) is 5.28. The topological polar surface area (TPSA) is 113 Å². The van der Waals surface area contributed by atoms with Crippen molar-refractivity contribution in [2.24, 2.45) is 0 Å². The number of rotatable bonds is 6. The van der Waals surface area contributed by atoms with Crippen LogP contribution in [-0.2, 0) is 11.3 Å². The van der Waals surface area contributed by atoms with Crippen molar-refractivity contribution in [3.8, 4) is 0 Å². The van der Waals surface area contributed by atoms with Crippen LogP contribution in [0.1, 0.15) is 6.92 Å². The number of aromatic amines is 2. The van der Waals surface area contributed by atoms with Gasteiger partial charge in [0, 0.05) is 12.2 Å². The van der Waals surface area contributed by atoms with Gasteiger partial charge in [-0.2, -0.15) is 0 Å². The largest absolute Gasteiger partial charge is 0.325 e. The molecule has 0 radical (unpaired) electrons. The standard InChI is InChI=1S/C21H19N5O3S/c1-3-10-26-19(28)14-6-4-5-7-15(14)25-21(26)30-12(2)18(27)22-13-8-9-16-17(11-13)24-20(29)23-16/h3-9,11-12H,1,10H2,2H3,(H,22,27)(H2,23,24,29). The average molecular weight is 421 g/mol. The van der Waals surface area contributed by atoms with Gasteiger partial charge in [-0.15, -0.1) is 6.58 Å². The van der Waals surface area contributed by atoms with Gasteiger partial charge in [-0.1, -0.05) is 30.0 Å². The number of aromatic nitrogens is 4. The number of carbonyl (C=O) groups excluding carboxylic acids is 1. The molecule has 4 aromatic rings. The number of amides is 1. The maximum absolute atomic E-state index is 12.8. The van der Waals surface area contributed by atoms with E-state index in [0.717, 1.165) is 0 Å². The summed E-state index contributed by atoms with van der Waals surface area (Å²) in [6, 6.07) is 12.2. The molecule has 1 unspecified atom stereocenters. The minimum absolute atomic E-state index is 0.169. The van der Waals surface area contributed by atoms with Crippen molar-refractivity contribution in [1.29, 1.82) is 0 Å². The number of nitrogens with zero attached hydrogens (tertiary/aromatic N) is 2. The minimum Gasteiger partial charge on any atom is -0.325 e. The highest BCUT2D eigenvalue weighted by molar-refractivity contribution is 8.00. The number of para-hydroxylation sites is 1. The Bertz CT molecular complexity index is 1380. The lowest BCUT2D eigenvalue weighted by atomic mass is 10.2. The Morgan fingerprint density at radius 1 is 1.23 bits per heavy atom. The van der Waals surface area contributed by atoms with Gasteiger partial charge in [-0.3, -0.25) is 14.2 Å². The van der Waals surface area contributed by atoms with Crippen molar-refractivity contribution in [2.45, 2.75) is 23.9 Å². The van der Waals surface area contributed by atoms with Gasteiger partial charge in [0.05, 0.1) is 27.2 Å². The first kappa shape index (κ1) is 19.7. The van der Waals surface area contributed by atoms with Crippen molar-refractivity contribution < 1.29 is 4.79 Å². The molecular formula is C21H19N5O3S. The molecule has 1 amide bonds. The number of anilines is 1. The number of hydrogen-bond acceptors (Lipinski definition) is 5. The number of hydrogen-bond donors (Lipinski definition) is 3. The van der Waals surface area contributed by atoms with Crippen LogP contribution >= 0.6 is 11.8 Å². The first-order valence-corrected chi connectivity index (χ1v) is 10.1. The molecule has 0 saturated carbocycles. The third kappa shape index (κ3) is 3.79. The predicted molar refractivity (Wildman–Crippen MR) is 119 cm³/mol. The van der Waals surface area contributed by atoms with Crippen molar-refractivity contribution in [1.82, 2.24) is 19.5 Å². The molecule has 0 fully saturated rings. The van der Waals surface area contributed by atoms with E-state index in [1.54, 1.807) is 49.4 Å². The van der Waals surface area contributed by atoms with E-state index in [1.807, 2.05) is 6.07 Å². The number of carbonyl (C=O) groups is 1. The van der Waals surface area contributed by atoms with Crippen LogP contribution in [0, 0.1) is 0 Å². The lowest BCUT2D eigenvalue weighted by Gasteiger charge is -2.15. The van der Waals surface area contributed by atoms with Gasteiger partial charge in [0.1, 0.15) is 0 Å². The van der Waals surface area contributed by atoms with E-state index in [9.17, 15) is 14.4 Å². The number of allylic oxidation sites excluding steroid dienone is 1. The summed E-state index contributed by atoms with van der Waals surface area (Å²) in [7, 11) is 0. The van der Waals surface area contributed by atoms with Crippen molar-refractivity contribution in [2.75, 3.05) is 5.32 Å². The monoisotopic (exact) mass is 421 g/mol. The lowest BCUT2D eigenvalue weighted by molar-refractivity contribution is -0.115. The summed E-state index contributed by atoms with van der Waals surface area (Å²) in [5.41, 5.74) is 1.94. The maximum Gasteiger partial charge on any atom is 0.323 e. The van der Waals surface area contributed by atoms with E-state index in [0.29, 0.717) is 39.3 Å². The smallest absolute Gasteiger partial charge is 0.323 e. The molecule has 1 atom stereocenters. The summed E-state index contributed by atoms with van der Waals surface area (Å²) in [6.45, 7) is 5.75. The third-order valence-electron chi connectivity index (χ3n) is 4.57. The predicted octanol–water partition coefficient (Wildman–Crippen LogP) is 2.87. The van der Waals surface area contributed by atoms with Crippen LogP contribution < -0.4 is 16.6 Å². The molecule has 0 aliphatic heterocycles. The molecule has 30 heavy (non-hydrogen) atoms. The summed E-state index contributed by atoms with van der Waals surface area (Å²) in [5.74, 6) is -0.246. The number of nitrogens with one attached hydrogen (secondary N) is 3. The molecule has 0 aliphatic rings. The van der Waals surface area contributed by atoms with Crippen molar-refractivity contribution in [3.05, 3.63) is 76.0 Å². The van der Waals surface area contributed by atoms with E-state index < -0.39 is 5.25 Å². The molecule has 0 saturated heterocycles. The van der Waals surface area contributed by atoms with Gasteiger partial charge in [0.2, 0.25) is 5.91 Å². The van der Waals surface area contributed by atoms with Gasteiger partial charge >= 0.3 is 5.69 Å². The fourth-order valence-corrected chi connectivity index (χ4v) is 4.01. The van der Waals surface area contributed by atoms with Crippen molar-refractivity contribution >= 4 is 45.3 Å². The molecule has 3 N–H and O–H groups in total. The molecule has 2 aromatic heterocycles. The highest BCUT2D eigenvalue weighted by atomic mass is 32.2. The van der Waals surface area contributed by atoms with Crippen LogP contribution in [0.3, 0.4) is 0 Å². The first-order chi connectivity index (χ1) is 14.5. The second-order valence-corrected chi connectivity index (χ2v) is 8.01. The van der Waals surface area contributed by atoms with Gasteiger partial charge in [0.25, 0.3) is 5.56 Å². The summed E-state index contributed by atoms with van der Waals surface area (Å²) in [5, 5.41) is 3.29. The van der Waals surface area contributed by atoms with E-state index in [2.05, 4.69) is 26.8 Å². The Hall–Kier alpha value is -3.59. The zero-order valence-corrected chi connectivity index (χ0v) is 17.0. The van der Waals surface area contributed by atoms with Crippen LogP contribution in [0.25, 0.3) is 21.9 Å². The first-order valence-electron chi connectivity index (χ1n) is 9.26. The zero-order chi connectivity index (χ0) is 21.3. The summed E-state index contributed by atoms with van der Waals surface area (Å²) >= 11 is 1.20. The Morgan fingerprint density at radius 2 is 2.00 bits per heavy atom. The van der Waals surface area contributed by atoms with Gasteiger partial charge in [0.15, 0.2) is 5.16 Å². The van der Waals surface area contributed by atoms with Gasteiger partial charge < -0.3 is 15.3 Å². The second-order valence-electron chi connectivity index (χ2n) is 6.70. The number of benzene rings is 2. The quantitative estimate of drug-likeness (QED) is 0.252. The zero-order valence-electron chi connectivity index (χ0n) is 16.1. The molecule has 2 heterocycles. The Morgan fingerprint density at radius 3 is 2.80 bits per heavy atom. The molecule has 152 valence electrons. The molecule has 9 heteroatoms. The third-order valence-corrected chi connectivity index (χ3v) is 5.66. The van der Waals surface area contributed by atoms with E-state index in [-0.39, 0.29) is 17.2 Å². The van der Waals surface area contributed by atoms with Crippen molar-refractivity contribution in [3.63, 3.8) is 0 Å². The summed E-state index contributed by atoms with van der Waals surface area (Å²) in [6.07, 6.45) is 1.62. The number of imidazole rings is 1. The lowest BCUT2D eigenvalue weighted by Crippen LogP contribution is -2.26. The van der Waals surface area contributed by atoms with Gasteiger partial charge in [-0.05, 0) is 37.3 Å². The summed E-state index contributed by atoms with van der Waals surface area (Å²) < 4.78 is 1.51. The van der Waals surface area contributed by atoms with Crippen LogP contribution in [0.15, 0.2) is 69.9 Å². The molecule has 8 nitrogen and oxygen atoms in total. The molecule has 0 spiro atoms. The fraction of sp³-hybridized carbons (Fsp3) is 0.143. The average Bonchev–Trinajstić information content (AvgIpc) is 3.10. The molecule has 4 rings (SSSR count). The van der Waals surface area contributed by atoms with E-state index in [4.69, 9.17) is 0 Å². The number of thioether (sulfide) groups is 1. The van der Waals surface area contributed by atoms with Crippen LogP contribution in [0.5, 0.6) is 0 Å². The Balaban J connectivity index is 1.59. The summed E-state index contributed by atoms with van der Waals surface area (Å²) in [4.78, 5) is 46.9. The highest BCUT2D eigenvalue weighted by Gasteiger charge is 2.19. The molecule has 2 aromatic carbocycles. The van der Waals surface area contributed by atoms with Gasteiger partial charge in [-0.25, -0.2) is 9.78 Å². The highest BCUT2D eigenvalue weighted by Crippen LogP contribution is 2.24. The Labute approximate surface area is 175 Å². The molecular weight excluding hydrogens is 402 g/mol. The second kappa shape index (κ2) is 8.03. The number of H-pyrrole nitrogens is 2. The maximum atomic E-state index is 12.8. The molecule has 0 bridgehead atoms. The molecule has 0 aliphatic carbocycles. The normalized spacial score (nSPS) is 12.2. The van der Waals surface area contributed by atoms with Crippen LogP contribution in [0.4, 0.5) is 5.69 Å². The minimum atomic E-state index is -0.518. The van der Waals surface area contributed by atoms with E-state index >= 15 is 0 Å².